The summed E-state index contributed by atoms with van der Waals surface area (Å²) in [5, 5.41) is 0. The van der Waals surface area contributed by atoms with E-state index in [1.807, 2.05) is 0 Å². The quantitative estimate of drug-likeness (QED) is 0.728. The zero-order chi connectivity index (χ0) is 16.6. The fourth-order valence-corrected chi connectivity index (χ4v) is 5.19. The maximum absolute atomic E-state index is 6.27. The van der Waals surface area contributed by atoms with Gasteiger partial charge in [-0.05, 0) is 53.4 Å². The summed E-state index contributed by atoms with van der Waals surface area (Å²) in [6.45, 7) is 14.1. The topological polar surface area (TPSA) is 46.8 Å². The molecule has 4 fully saturated rings. The van der Waals surface area contributed by atoms with E-state index < -0.39 is 0 Å². The number of hydrogen-bond donors (Lipinski definition) is 0. The van der Waals surface area contributed by atoms with Crippen LogP contribution in [0.3, 0.4) is 0 Å². The lowest BCUT2D eigenvalue weighted by molar-refractivity contribution is -0.0930. The van der Waals surface area contributed by atoms with Crippen molar-refractivity contribution in [3.05, 3.63) is 0 Å². The number of ether oxygens (including phenoxy) is 4. The van der Waals surface area contributed by atoms with Crippen molar-refractivity contribution in [1.29, 1.82) is 0 Å². The Bertz CT molecular complexity index is 484. The second-order valence-electron chi connectivity index (χ2n) is 9.19. The van der Waals surface area contributed by atoms with Gasteiger partial charge in [-0.25, -0.2) is 0 Å². The highest BCUT2D eigenvalue weighted by atomic mass is 16.6. The van der Waals surface area contributed by atoms with Crippen LogP contribution in [0.15, 0.2) is 0 Å². The summed E-state index contributed by atoms with van der Waals surface area (Å²) in [5.74, 6) is 0.899. The third kappa shape index (κ3) is 2.66. The molecule has 7 atom stereocenters. The molecule has 23 heavy (non-hydrogen) atoms. The molecule has 3 saturated heterocycles. The summed E-state index contributed by atoms with van der Waals surface area (Å²) in [5.41, 5.74) is 0.0265. The van der Waals surface area contributed by atoms with Crippen molar-refractivity contribution in [2.24, 2.45) is 11.8 Å². The predicted octanol–water partition coefficient (Wildman–Crippen LogP) is 3.32. The van der Waals surface area contributed by atoms with Gasteiger partial charge in [-0.1, -0.05) is 6.92 Å². The maximum atomic E-state index is 6.27. The van der Waals surface area contributed by atoms with Crippen molar-refractivity contribution in [2.75, 3.05) is 6.61 Å². The molecular formula is C19H32O4. The van der Waals surface area contributed by atoms with Crippen molar-refractivity contribution in [3.8, 4) is 0 Å². The van der Waals surface area contributed by atoms with Crippen LogP contribution in [-0.2, 0) is 18.9 Å². The van der Waals surface area contributed by atoms with Crippen LogP contribution in [0.1, 0.15) is 60.8 Å². The Kier molecular flexibility index (Phi) is 3.50. The van der Waals surface area contributed by atoms with Gasteiger partial charge in [-0.2, -0.15) is 0 Å². The molecule has 0 radical (unpaired) electrons. The summed E-state index contributed by atoms with van der Waals surface area (Å²) >= 11 is 0. The Morgan fingerprint density at radius 2 is 1.78 bits per heavy atom. The standard InChI is InChI=1S/C19H32O4/c1-11(2)21-13-7-8-19(10-20-19)16(12(13)3)18(6)15(23-18)9-14-17(4,5)22-14/h11-16H,7-10H2,1-6H3/t12-,13-,14-,15-,16?,18+,19+/m1/s1. The Balaban J connectivity index is 1.47. The fraction of sp³-hybridized carbons (Fsp3) is 1.00. The van der Waals surface area contributed by atoms with Crippen molar-refractivity contribution in [3.63, 3.8) is 0 Å². The van der Waals surface area contributed by atoms with Crippen LogP contribution < -0.4 is 0 Å². The molecule has 4 rings (SSSR count). The molecule has 0 aromatic rings. The van der Waals surface area contributed by atoms with E-state index in [0.29, 0.717) is 30.1 Å². The summed E-state index contributed by atoms with van der Waals surface area (Å²) < 4.78 is 24.2. The lowest BCUT2D eigenvalue weighted by Crippen LogP contribution is -2.50. The second kappa shape index (κ2) is 4.94. The Morgan fingerprint density at radius 1 is 1.13 bits per heavy atom. The van der Waals surface area contributed by atoms with Crippen LogP contribution in [-0.4, -0.2) is 47.8 Å². The average molecular weight is 324 g/mol. The number of rotatable bonds is 5. The van der Waals surface area contributed by atoms with Crippen LogP contribution in [0, 0.1) is 11.8 Å². The molecule has 3 heterocycles. The van der Waals surface area contributed by atoms with Crippen molar-refractivity contribution in [1.82, 2.24) is 0 Å². The van der Waals surface area contributed by atoms with E-state index in [1.165, 1.54) is 0 Å². The van der Waals surface area contributed by atoms with Gasteiger partial charge >= 0.3 is 0 Å². The first-order valence-corrected chi connectivity index (χ1v) is 9.33. The second-order valence-corrected chi connectivity index (χ2v) is 9.19. The molecule has 0 amide bonds. The molecule has 0 bridgehead atoms. The molecular weight excluding hydrogens is 292 g/mol. The lowest BCUT2D eigenvalue weighted by Gasteiger charge is -2.43. The maximum Gasteiger partial charge on any atom is 0.0981 e. The van der Waals surface area contributed by atoms with E-state index in [-0.39, 0.29) is 22.9 Å². The monoisotopic (exact) mass is 324 g/mol. The van der Waals surface area contributed by atoms with Gasteiger partial charge in [0.05, 0.1) is 47.8 Å². The van der Waals surface area contributed by atoms with Crippen LogP contribution in [0.4, 0.5) is 0 Å². The van der Waals surface area contributed by atoms with E-state index in [1.54, 1.807) is 0 Å². The fourth-order valence-electron chi connectivity index (χ4n) is 5.19. The molecule has 1 unspecified atom stereocenters. The first-order chi connectivity index (χ1) is 10.7. The van der Waals surface area contributed by atoms with Gasteiger partial charge in [0.2, 0.25) is 0 Å². The first kappa shape index (κ1) is 16.3. The highest BCUT2D eigenvalue weighted by Gasteiger charge is 2.72. The van der Waals surface area contributed by atoms with E-state index >= 15 is 0 Å². The molecule has 0 aromatic carbocycles. The highest BCUT2D eigenvalue weighted by molar-refractivity contribution is 5.19. The summed E-state index contributed by atoms with van der Waals surface area (Å²) in [6.07, 6.45) is 4.49. The van der Waals surface area contributed by atoms with Crippen molar-refractivity contribution < 1.29 is 18.9 Å². The zero-order valence-electron chi connectivity index (χ0n) is 15.4. The van der Waals surface area contributed by atoms with Crippen LogP contribution >= 0.6 is 0 Å². The van der Waals surface area contributed by atoms with Gasteiger partial charge in [0.15, 0.2) is 0 Å². The van der Waals surface area contributed by atoms with Crippen LogP contribution in [0.2, 0.25) is 0 Å². The Hall–Kier alpha value is -0.160. The van der Waals surface area contributed by atoms with Gasteiger partial charge < -0.3 is 18.9 Å². The number of hydrogen-bond acceptors (Lipinski definition) is 4. The smallest absolute Gasteiger partial charge is 0.0981 e. The summed E-state index contributed by atoms with van der Waals surface area (Å²) in [4.78, 5) is 0. The van der Waals surface area contributed by atoms with Crippen LogP contribution in [0.25, 0.3) is 0 Å². The minimum atomic E-state index is -0.0725. The summed E-state index contributed by atoms with van der Waals surface area (Å²) in [6, 6.07) is 0. The molecule has 4 aliphatic rings. The zero-order valence-corrected chi connectivity index (χ0v) is 15.4. The van der Waals surface area contributed by atoms with Gasteiger partial charge in [0.25, 0.3) is 0 Å². The SMILES string of the molecule is CC(C)O[C@@H]1CC[C@]2(CO2)C([C@@]2(C)O[C@@H]2C[C@H]2OC2(C)C)[C@@H]1C. The van der Waals surface area contributed by atoms with E-state index in [9.17, 15) is 0 Å². The molecule has 132 valence electrons. The Morgan fingerprint density at radius 3 is 2.30 bits per heavy atom. The molecule has 0 N–H and O–H groups in total. The van der Waals surface area contributed by atoms with Crippen molar-refractivity contribution in [2.45, 2.75) is 102 Å². The first-order valence-electron chi connectivity index (χ1n) is 9.33. The minimum Gasteiger partial charge on any atom is -0.375 e. The lowest BCUT2D eigenvalue weighted by atomic mass is 9.64. The van der Waals surface area contributed by atoms with Gasteiger partial charge in [-0.3, -0.25) is 0 Å². The summed E-state index contributed by atoms with van der Waals surface area (Å²) in [7, 11) is 0. The molecule has 4 heteroatoms. The number of epoxide rings is 3. The minimum absolute atomic E-state index is 0.0437. The normalized spacial score (nSPS) is 53.6. The highest BCUT2D eigenvalue weighted by Crippen LogP contribution is 2.61. The largest absolute Gasteiger partial charge is 0.375 e. The Labute approximate surface area is 140 Å². The van der Waals surface area contributed by atoms with Crippen LogP contribution in [0.5, 0.6) is 0 Å². The third-order valence-electron chi connectivity index (χ3n) is 6.68. The van der Waals surface area contributed by atoms with Crippen molar-refractivity contribution >= 4 is 0 Å². The molecule has 0 aromatic heterocycles. The van der Waals surface area contributed by atoms with Gasteiger partial charge in [0, 0.05) is 12.3 Å². The molecule has 4 nitrogen and oxygen atoms in total. The molecule has 1 aliphatic carbocycles. The third-order valence-corrected chi connectivity index (χ3v) is 6.68. The van der Waals surface area contributed by atoms with E-state index in [0.717, 1.165) is 25.9 Å². The molecule has 1 spiro atoms. The van der Waals surface area contributed by atoms with E-state index in [2.05, 4.69) is 41.5 Å². The van der Waals surface area contributed by atoms with Gasteiger partial charge in [-0.15, -0.1) is 0 Å². The molecule has 1 saturated carbocycles. The predicted molar refractivity (Wildman–Crippen MR) is 87.4 cm³/mol. The molecule has 3 aliphatic heterocycles. The average Bonchev–Trinajstić information content (AvgIpc) is 3.36. The van der Waals surface area contributed by atoms with Gasteiger partial charge in [0.1, 0.15) is 0 Å². The van der Waals surface area contributed by atoms with E-state index in [4.69, 9.17) is 18.9 Å².